The topological polar surface area (TPSA) is 179 Å². The average Bonchev–Trinajstić information content (AvgIpc) is 2.75. The molecule has 4 N–H and O–H groups in total. The van der Waals surface area contributed by atoms with E-state index in [1.165, 1.54) is 0 Å². The molecule has 0 aliphatic heterocycles. The molecule has 172 valence electrons. The van der Waals surface area contributed by atoms with Crippen LogP contribution in [0.4, 0.5) is 0 Å². The van der Waals surface area contributed by atoms with Crippen molar-refractivity contribution in [3.8, 4) is 0 Å². The van der Waals surface area contributed by atoms with Crippen molar-refractivity contribution in [1.82, 2.24) is 10.6 Å². The first-order valence-electron chi connectivity index (χ1n) is 9.59. The van der Waals surface area contributed by atoms with Crippen LogP contribution in [0.2, 0.25) is 0 Å². The molecule has 0 aliphatic rings. The molecule has 0 fully saturated rings. The Morgan fingerprint density at radius 3 is 1.18 bits per heavy atom. The third-order valence-corrected chi connectivity index (χ3v) is 4.13. The Morgan fingerprint density at radius 2 is 0.941 bits per heavy atom. The second kappa shape index (κ2) is 19.5. The summed E-state index contributed by atoms with van der Waals surface area (Å²) < 4.78 is 0. The van der Waals surface area contributed by atoms with Crippen molar-refractivity contribution in [1.29, 1.82) is 0 Å². The molecular formula is C22H24N2Na2O8. The van der Waals surface area contributed by atoms with E-state index in [4.69, 9.17) is 10.2 Å². The van der Waals surface area contributed by atoms with E-state index in [0.717, 1.165) is 11.1 Å². The third kappa shape index (κ3) is 16.0. The molecule has 0 radical (unpaired) electrons. The molecule has 0 heterocycles. The number of carboxylic acid groups (broad SMARTS) is 4. The Balaban J connectivity index is 0. The number of hydrogen-bond donors (Lipinski definition) is 4. The van der Waals surface area contributed by atoms with Gasteiger partial charge in [0.05, 0.1) is 37.1 Å². The van der Waals surface area contributed by atoms with Crippen LogP contribution in [0.3, 0.4) is 0 Å². The molecule has 0 saturated carbocycles. The summed E-state index contributed by atoms with van der Waals surface area (Å²) >= 11 is 0. The van der Waals surface area contributed by atoms with E-state index in [1.807, 2.05) is 12.1 Å². The molecule has 0 unspecified atom stereocenters. The van der Waals surface area contributed by atoms with Gasteiger partial charge >= 0.3 is 71.1 Å². The minimum Gasteiger partial charge on any atom is -0.548 e. The van der Waals surface area contributed by atoms with Gasteiger partial charge in [-0.25, -0.2) is 0 Å². The molecule has 2 aromatic rings. The number of nitrogens with one attached hydrogen (secondary N) is 2. The van der Waals surface area contributed by atoms with Crippen molar-refractivity contribution < 1.29 is 98.7 Å². The fourth-order valence-corrected chi connectivity index (χ4v) is 2.60. The number of rotatable bonds is 12. The zero-order valence-electron chi connectivity index (χ0n) is 19.1. The zero-order valence-corrected chi connectivity index (χ0v) is 23.1. The number of carbonyl (C=O) groups excluding carboxylic acids is 2. The first-order chi connectivity index (χ1) is 15.2. The van der Waals surface area contributed by atoms with Crippen LogP contribution < -0.4 is 80.0 Å². The van der Waals surface area contributed by atoms with Crippen molar-refractivity contribution in [3.05, 3.63) is 71.8 Å². The van der Waals surface area contributed by atoms with Gasteiger partial charge < -0.3 is 30.0 Å². The van der Waals surface area contributed by atoms with Crippen molar-refractivity contribution in [2.24, 2.45) is 0 Å². The Kier molecular flexibility index (Phi) is 19.8. The van der Waals surface area contributed by atoms with E-state index in [0.29, 0.717) is 0 Å². The first kappa shape index (κ1) is 34.4. The number of hydrogen-bond acceptors (Lipinski definition) is 8. The van der Waals surface area contributed by atoms with Crippen LogP contribution >= 0.6 is 0 Å². The van der Waals surface area contributed by atoms with Crippen LogP contribution in [-0.4, -0.2) is 59.3 Å². The third-order valence-electron chi connectivity index (χ3n) is 4.13. The maximum atomic E-state index is 10.7. The van der Waals surface area contributed by atoms with E-state index in [-0.39, 0.29) is 72.0 Å². The Bertz CT molecular complexity index is 811. The van der Waals surface area contributed by atoms with Gasteiger partial charge in [0.2, 0.25) is 0 Å². The summed E-state index contributed by atoms with van der Waals surface area (Å²) in [4.78, 5) is 42.1. The van der Waals surface area contributed by atoms with Crippen molar-refractivity contribution in [3.63, 3.8) is 0 Å². The molecule has 0 aromatic heterocycles. The predicted molar refractivity (Wildman–Crippen MR) is 109 cm³/mol. The average molecular weight is 490 g/mol. The zero-order chi connectivity index (χ0) is 23.9. The molecule has 34 heavy (non-hydrogen) atoms. The number of aliphatic carboxylic acids is 4. The Hall–Kier alpha value is -1.76. The van der Waals surface area contributed by atoms with Gasteiger partial charge in [-0.3, -0.25) is 20.2 Å². The number of benzene rings is 2. The second-order valence-electron chi connectivity index (χ2n) is 6.67. The van der Waals surface area contributed by atoms with Gasteiger partial charge in [0, 0.05) is 0 Å². The van der Waals surface area contributed by atoms with Gasteiger partial charge in [0.15, 0.2) is 0 Å². The summed E-state index contributed by atoms with van der Waals surface area (Å²) in [6.45, 7) is -0.795. The minimum absolute atomic E-state index is 0. The molecule has 2 rings (SSSR count). The van der Waals surface area contributed by atoms with Crippen LogP contribution in [0.25, 0.3) is 0 Å². The number of carbonyl (C=O) groups is 4. The van der Waals surface area contributed by atoms with Gasteiger partial charge in [-0.1, -0.05) is 60.7 Å². The van der Waals surface area contributed by atoms with Gasteiger partial charge in [0.1, 0.15) is 0 Å². The van der Waals surface area contributed by atoms with Gasteiger partial charge in [0.25, 0.3) is 0 Å². The van der Waals surface area contributed by atoms with Crippen LogP contribution in [0.5, 0.6) is 0 Å². The van der Waals surface area contributed by atoms with Gasteiger partial charge in [-0.15, -0.1) is 0 Å². The van der Waals surface area contributed by atoms with E-state index < -0.39 is 49.1 Å². The largest absolute Gasteiger partial charge is 1.00 e. The van der Waals surface area contributed by atoms with E-state index in [9.17, 15) is 29.4 Å². The summed E-state index contributed by atoms with van der Waals surface area (Å²) in [5, 5.41) is 43.2. The summed E-state index contributed by atoms with van der Waals surface area (Å²) in [6.07, 6.45) is 0.410. The molecule has 0 spiro atoms. The molecule has 2 atom stereocenters. The van der Waals surface area contributed by atoms with E-state index in [1.54, 1.807) is 48.5 Å². The van der Waals surface area contributed by atoms with E-state index in [2.05, 4.69) is 10.6 Å². The van der Waals surface area contributed by atoms with Crippen molar-refractivity contribution in [2.45, 2.75) is 24.9 Å². The van der Waals surface area contributed by atoms with Crippen LogP contribution in [0, 0.1) is 0 Å². The fraction of sp³-hybridized carbons (Fsp3) is 0.273. The van der Waals surface area contributed by atoms with Gasteiger partial charge in [-0.2, -0.15) is 0 Å². The maximum Gasteiger partial charge on any atom is 1.00 e. The summed E-state index contributed by atoms with van der Waals surface area (Å²) in [7, 11) is 0. The normalized spacial score (nSPS) is 11.3. The monoisotopic (exact) mass is 490 g/mol. The smallest absolute Gasteiger partial charge is 0.548 e. The predicted octanol–water partition coefficient (Wildman–Crippen LogP) is -7.95. The quantitative estimate of drug-likeness (QED) is 0.209. The molecule has 12 heteroatoms. The van der Waals surface area contributed by atoms with Crippen LogP contribution in [0.15, 0.2) is 60.7 Å². The Morgan fingerprint density at radius 1 is 0.647 bits per heavy atom. The molecule has 2 aromatic carbocycles. The minimum atomic E-state index is -1.30. The summed E-state index contributed by atoms with van der Waals surface area (Å²) in [5.41, 5.74) is 1.63. The molecule has 10 nitrogen and oxygen atoms in total. The van der Waals surface area contributed by atoms with Crippen molar-refractivity contribution in [2.75, 3.05) is 13.1 Å². The van der Waals surface area contributed by atoms with Crippen LogP contribution in [-0.2, 0) is 32.0 Å². The van der Waals surface area contributed by atoms with Gasteiger partial charge in [-0.05, 0) is 24.0 Å². The molecule has 0 amide bonds. The van der Waals surface area contributed by atoms with Crippen LogP contribution in [0.1, 0.15) is 11.1 Å². The maximum absolute atomic E-state index is 10.7. The molecule has 0 bridgehead atoms. The fourth-order valence-electron chi connectivity index (χ4n) is 2.60. The molecule has 0 aliphatic carbocycles. The number of carboxylic acids is 4. The summed E-state index contributed by atoms with van der Waals surface area (Å²) in [6, 6.07) is 15.9. The second-order valence-corrected chi connectivity index (χ2v) is 6.67. The molecule has 0 saturated heterocycles. The SMILES string of the molecule is O=C(O)CN[C@@H](Cc1ccccc1)C(=O)[O-].O=C(O)CN[C@@H](Cc1ccccc1)C(=O)[O-].[Na+].[Na+]. The Labute approximate surface area is 241 Å². The van der Waals surface area contributed by atoms with E-state index >= 15 is 0 Å². The standard InChI is InChI=1S/2C11H13NO4.2Na/c2*13-10(14)7-12-9(11(15)16)6-8-4-2-1-3-5-8;;/h2*1-5,9,12H,6-7H2,(H,13,14)(H,15,16);;/q;;2*+1/p-2/t2*9-;;/m00../s1. The first-order valence-corrected chi connectivity index (χ1v) is 9.59. The molecular weight excluding hydrogens is 466 g/mol. The van der Waals surface area contributed by atoms with Crippen molar-refractivity contribution >= 4 is 23.9 Å². The summed E-state index contributed by atoms with van der Waals surface area (Å²) in [5.74, 6) is -4.80.